The number of nitrogens with one attached hydrogen (secondary N) is 1. The van der Waals surface area contributed by atoms with Crippen LogP contribution >= 0.6 is 0 Å². The van der Waals surface area contributed by atoms with Gasteiger partial charge in [0.1, 0.15) is 0 Å². The maximum atomic E-state index is 12.2. The van der Waals surface area contributed by atoms with Gasteiger partial charge in [-0.05, 0) is 26.8 Å². The zero-order valence-corrected chi connectivity index (χ0v) is 11.8. The Morgan fingerprint density at radius 2 is 2.15 bits per heavy atom. The number of nitrogens with zero attached hydrogens (tertiary/aromatic N) is 1. The van der Waals surface area contributed by atoms with Crippen LogP contribution in [0.25, 0.3) is 0 Å². The van der Waals surface area contributed by atoms with E-state index >= 15 is 0 Å². The van der Waals surface area contributed by atoms with Crippen molar-refractivity contribution in [1.82, 2.24) is 5.32 Å². The number of carbonyl (C=O) groups excluding carboxylic acids is 1. The van der Waals surface area contributed by atoms with E-state index in [1.54, 1.807) is 20.8 Å². The second-order valence-electron chi connectivity index (χ2n) is 4.89. The molecule has 0 spiro atoms. The van der Waals surface area contributed by atoms with Crippen LogP contribution in [0.4, 0.5) is 5.69 Å². The Kier molecular flexibility index (Phi) is 5.04. The third-order valence-electron chi connectivity index (χ3n) is 2.69. The fourth-order valence-electron chi connectivity index (χ4n) is 1.57. The molecule has 1 amide bonds. The first kappa shape index (κ1) is 15.9. The predicted molar refractivity (Wildman–Crippen MR) is 74.9 cm³/mol. The molecule has 0 saturated carbocycles. The number of rotatable bonds is 6. The zero-order valence-electron chi connectivity index (χ0n) is 11.8. The topological polar surface area (TPSA) is 107 Å². The van der Waals surface area contributed by atoms with Gasteiger partial charge in [-0.3, -0.25) is 14.9 Å². The van der Waals surface area contributed by atoms with Gasteiger partial charge >= 0.3 is 5.69 Å². The molecule has 0 radical (unpaired) electrons. The molecule has 0 aliphatic rings. The molecule has 7 nitrogen and oxygen atoms in total. The number of para-hydroxylation sites is 1. The lowest BCUT2D eigenvalue weighted by atomic mass is 10.0. The Balaban J connectivity index is 3.20. The Morgan fingerprint density at radius 3 is 2.65 bits per heavy atom. The molecule has 1 rings (SSSR count). The van der Waals surface area contributed by atoms with E-state index in [0.29, 0.717) is 0 Å². The van der Waals surface area contributed by atoms with Crippen molar-refractivity contribution in [1.29, 1.82) is 0 Å². The first-order valence-electron chi connectivity index (χ1n) is 6.25. The fraction of sp³-hybridized carbons (Fsp3) is 0.462. The Labute approximate surface area is 117 Å². The van der Waals surface area contributed by atoms with E-state index in [1.807, 2.05) is 0 Å². The highest BCUT2D eigenvalue weighted by Gasteiger charge is 2.26. The minimum absolute atomic E-state index is 0.0229. The van der Waals surface area contributed by atoms with E-state index in [4.69, 9.17) is 10.5 Å². The summed E-state index contributed by atoms with van der Waals surface area (Å²) in [5, 5.41) is 13.7. The number of carbonyl (C=O) groups is 1. The second-order valence-corrected chi connectivity index (χ2v) is 4.89. The quantitative estimate of drug-likeness (QED) is 0.606. The molecular weight excluding hydrogens is 262 g/mol. The van der Waals surface area contributed by atoms with E-state index in [2.05, 4.69) is 5.32 Å². The maximum Gasteiger partial charge on any atom is 0.311 e. The molecule has 7 heteroatoms. The van der Waals surface area contributed by atoms with E-state index in [9.17, 15) is 14.9 Å². The maximum absolute atomic E-state index is 12.2. The molecule has 0 heterocycles. The van der Waals surface area contributed by atoms with Crippen LogP contribution in [0.1, 0.15) is 31.1 Å². The predicted octanol–water partition coefficient (Wildman–Crippen LogP) is 1.46. The molecular formula is C13H19N3O4. The average molecular weight is 281 g/mol. The van der Waals surface area contributed by atoms with Crippen molar-refractivity contribution >= 4 is 11.6 Å². The van der Waals surface area contributed by atoms with Crippen molar-refractivity contribution in [2.75, 3.05) is 13.2 Å². The second kappa shape index (κ2) is 6.33. The van der Waals surface area contributed by atoms with Gasteiger partial charge in [0, 0.05) is 18.2 Å². The van der Waals surface area contributed by atoms with Crippen LogP contribution in [-0.2, 0) is 0 Å². The van der Waals surface area contributed by atoms with Gasteiger partial charge in [-0.1, -0.05) is 6.07 Å². The van der Waals surface area contributed by atoms with Gasteiger partial charge in [0.2, 0.25) is 5.75 Å². The number of hydrogen-bond donors (Lipinski definition) is 2. The molecule has 0 fully saturated rings. The van der Waals surface area contributed by atoms with Crippen LogP contribution in [0.15, 0.2) is 18.2 Å². The van der Waals surface area contributed by atoms with Gasteiger partial charge in [0.15, 0.2) is 0 Å². The number of amides is 1. The molecule has 0 aliphatic carbocycles. The van der Waals surface area contributed by atoms with E-state index in [0.717, 1.165) is 0 Å². The summed E-state index contributed by atoms with van der Waals surface area (Å²) in [6.45, 7) is 5.70. The van der Waals surface area contributed by atoms with Gasteiger partial charge in [-0.15, -0.1) is 0 Å². The van der Waals surface area contributed by atoms with Crippen LogP contribution in [-0.4, -0.2) is 29.5 Å². The van der Waals surface area contributed by atoms with Crippen LogP contribution in [0.3, 0.4) is 0 Å². The summed E-state index contributed by atoms with van der Waals surface area (Å²) in [5.41, 5.74) is 4.84. The van der Waals surface area contributed by atoms with E-state index in [1.165, 1.54) is 18.2 Å². The molecule has 0 aromatic heterocycles. The van der Waals surface area contributed by atoms with Gasteiger partial charge in [-0.25, -0.2) is 0 Å². The highest BCUT2D eigenvalue weighted by atomic mass is 16.6. The standard InChI is InChI=1S/C13H19N3O4/c1-4-20-11-9(6-5-7-10(11)16(18)19)12(17)15-13(2,3)8-14/h5-7H,4,8,14H2,1-3H3,(H,15,17). The highest BCUT2D eigenvalue weighted by Crippen LogP contribution is 2.31. The van der Waals surface area contributed by atoms with E-state index in [-0.39, 0.29) is 30.2 Å². The summed E-state index contributed by atoms with van der Waals surface area (Å²) in [5.74, 6) is -0.474. The Bertz CT molecular complexity index is 514. The summed E-state index contributed by atoms with van der Waals surface area (Å²) >= 11 is 0. The Morgan fingerprint density at radius 1 is 1.50 bits per heavy atom. The van der Waals surface area contributed by atoms with Crippen molar-refractivity contribution in [3.63, 3.8) is 0 Å². The molecule has 0 aliphatic heterocycles. The summed E-state index contributed by atoms with van der Waals surface area (Å²) in [6, 6.07) is 4.24. The number of hydrogen-bond acceptors (Lipinski definition) is 5. The van der Waals surface area contributed by atoms with Gasteiger partial charge in [0.25, 0.3) is 5.91 Å². The fourth-order valence-corrected chi connectivity index (χ4v) is 1.57. The van der Waals surface area contributed by atoms with Crippen molar-refractivity contribution in [2.45, 2.75) is 26.3 Å². The smallest absolute Gasteiger partial charge is 0.311 e. The summed E-state index contributed by atoms with van der Waals surface area (Å²) in [7, 11) is 0. The molecule has 20 heavy (non-hydrogen) atoms. The summed E-state index contributed by atoms with van der Waals surface area (Å²) in [6.07, 6.45) is 0. The van der Waals surface area contributed by atoms with Gasteiger partial charge in [0.05, 0.1) is 17.1 Å². The monoisotopic (exact) mass is 281 g/mol. The molecule has 3 N–H and O–H groups in total. The number of nitro groups is 1. The van der Waals surface area contributed by atoms with Crippen molar-refractivity contribution < 1.29 is 14.5 Å². The summed E-state index contributed by atoms with van der Waals surface area (Å²) in [4.78, 5) is 22.6. The van der Waals surface area contributed by atoms with Crippen LogP contribution in [0.2, 0.25) is 0 Å². The number of ether oxygens (including phenoxy) is 1. The van der Waals surface area contributed by atoms with Gasteiger partial charge < -0.3 is 15.8 Å². The number of benzene rings is 1. The molecule has 0 saturated heterocycles. The molecule has 0 bridgehead atoms. The lowest BCUT2D eigenvalue weighted by molar-refractivity contribution is -0.385. The van der Waals surface area contributed by atoms with Crippen LogP contribution in [0, 0.1) is 10.1 Å². The molecule has 0 atom stereocenters. The number of nitrogens with two attached hydrogens (primary N) is 1. The van der Waals surface area contributed by atoms with Crippen molar-refractivity contribution in [3.8, 4) is 5.75 Å². The molecule has 110 valence electrons. The number of nitro benzene ring substituents is 1. The lowest BCUT2D eigenvalue weighted by Gasteiger charge is -2.24. The first-order valence-corrected chi connectivity index (χ1v) is 6.25. The normalized spacial score (nSPS) is 11.0. The molecule has 1 aromatic rings. The SMILES string of the molecule is CCOc1c(C(=O)NC(C)(C)CN)cccc1[N+](=O)[O-]. The summed E-state index contributed by atoms with van der Waals surface area (Å²) < 4.78 is 5.26. The largest absolute Gasteiger partial charge is 0.487 e. The highest BCUT2D eigenvalue weighted by molar-refractivity contribution is 5.98. The van der Waals surface area contributed by atoms with Crippen molar-refractivity contribution in [3.05, 3.63) is 33.9 Å². The average Bonchev–Trinajstić information content (AvgIpc) is 2.38. The minimum Gasteiger partial charge on any atom is -0.487 e. The van der Waals surface area contributed by atoms with Crippen molar-refractivity contribution in [2.24, 2.45) is 5.73 Å². The Hall–Kier alpha value is -2.15. The van der Waals surface area contributed by atoms with Crippen LogP contribution < -0.4 is 15.8 Å². The lowest BCUT2D eigenvalue weighted by Crippen LogP contribution is -2.48. The third kappa shape index (κ3) is 3.67. The first-order chi connectivity index (χ1) is 9.32. The zero-order chi connectivity index (χ0) is 15.3. The van der Waals surface area contributed by atoms with Crippen LogP contribution in [0.5, 0.6) is 5.75 Å². The van der Waals surface area contributed by atoms with E-state index < -0.39 is 16.4 Å². The molecule has 1 aromatic carbocycles. The molecule has 0 unspecified atom stereocenters. The minimum atomic E-state index is -0.606. The van der Waals surface area contributed by atoms with Gasteiger partial charge in [-0.2, -0.15) is 0 Å². The third-order valence-corrected chi connectivity index (χ3v) is 2.69.